The van der Waals surface area contributed by atoms with Crippen molar-refractivity contribution < 1.29 is 19.8 Å². The van der Waals surface area contributed by atoms with E-state index in [4.69, 9.17) is 33.4 Å². The van der Waals surface area contributed by atoms with Crippen molar-refractivity contribution in [3.05, 3.63) is 22.2 Å². The maximum Gasteiger partial charge on any atom is 0.313 e. The monoisotopic (exact) mass is 236 g/mol. The highest BCUT2D eigenvalue weighted by Gasteiger charge is 2.39. The molecule has 0 aliphatic heterocycles. The number of carbonyl (C=O) groups is 2. The van der Waals surface area contributed by atoms with Gasteiger partial charge < -0.3 is 10.2 Å². The van der Waals surface area contributed by atoms with E-state index in [2.05, 4.69) is 0 Å². The first kappa shape index (κ1) is 11.1. The van der Waals surface area contributed by atoms with Crippen molar-refractivity contribution in [2.24, 2.45) is 11.8 Å². The molecule has 0 aromatic carbocycles. The molecule has 0 radical (unpaired) electrons. The molecule has 2 N–H and O–H groups in total. The summed E-state index contributed by atoms with van der Waals surface area (Å²) in [5, 5.41) is 17.5. The highest BCUT2D eigenvalue weighted by Crippen LogP contribution is 2.35. The Bertz CT molecular complexity index is 311. The third kappa shape index (κ3) is 1.91. The second kappa shape index (κ2) is 4.02. The van der Waals surface area contributed by atoms with Crippen LogP contribution in [-0.2, 0) is 9.59 Å². The number of carboxylic acid groups (broad SMARTS) is 2. The Morgan fingerprint density at radius 2 is 1.29 bits per heavy atom. The number of aliphatic carboxylic acids is 2. The average Bonchev–Trinajstić information content (AvgIpc) is 2.07. The van der Waals surface area contributed by atoms with E-state index >= 15 is 0 Å². The summed E-state index contributed by atoms with van der Waals surface area (Å²) in [7, 11) is 0. The Morgan fingerprint density at radius 1 is 1.00 bits per heavy atom. The largest absolute Gasteiger partial charge is 0.481 e. The van der Waals surface area contributed by atoms with Crippen LogP contribution in [0.4, 0.5) is 0 Å². The standard InChI is InChI=1S/C8H6Cl2O4/c9-3-1-2-4(10)6(8(13)14)5(3)7(11)12/h1-2,5-6H,(H,11,12)(H,13,14). The molecule has 4 nitrogen and oxygen atoms in total. The first-order valence-electron chi connectivity index (χ1n) is 3.63. The summed E-state index contributed by atoms with van der Waals surface area (Å²) in [5.41, 5.74) is 0. The van der Waals surface area contributed by atoms with Gasteiger partial charge in [0.25, 0.3) is 0 Å². The Hall–Kier alpha value is -1.00. The topological polar surface area (TPSA) is 74.6 Å². The van der Waals surface area contributed by atoms with Crippen molar-refractivity contribution in [2.75, 3.05) is 0 Å². The normalized spacial score (nSPS) is 26.4. The van der Waals surface area contributed by atoms with Crippen molar-refractivity contribution >= 4 is 35.1 Å². The van der Waals surface area contributed by atoms with Gasteiger partial charge in [-0.3, -0.25) is 9.59 Å². The van der Waals surface area contributed by atoms with Gasteiger partial charge in [-0.25, -0.2) is 0 Å². The molecule has 1 rings (SSSR count). The molecule has 14 heavy (non-hydrogen) atoms. The summed E-state index contributed by atoms with van der Waals surface area (Å²) in [6.07, 6.45) is 2.59. The Morgan fingerprint density at radius 3 is 1.50 bits per heavy atom. The second-order valence-corrected chi connectivity index (χ2v) is 3.61. The third-order valence-electron chi connectivity index (χ3n) is 1.86. The predicted molar refractivity (Wildman–Crippen MR) is 50.1 cm³/mol. The molecule has 6 heteroatoms. The first-order chi connectivity index (χ1) is 6.45. The zero-order chi connectivity index (χ0) is 10.9. The minimum Gasteiger partial charge on any atom is -0.481 e. The average molecular weight is 237 g/mol. The fraction of sp³-hybridized carbons (Fsp3) is 0.250. The van der Waals surface area contributed by atoms with Crippen molar-refractivity contribution in [1.29, 1.82) is 0 Å². The summed E-state index contributed by atoms with van der Waals surface area (Å²) in [5.74, 6) is -5.20. The van der Waals surface area contributed by atoms with Crippen LogP contribution in [0.25, 0.3) is 0 Å². The summed E-state index contributed by atoms with van der Waals surface area (Å²) in [6.45, 7) is 0. The number of carboxylic acids is 2. The van der Waals surface area contributed by atoms with Gasteiger partial charge in [-0.15, -0.1) is 0 Å². The minimum atomic E-state index is -1.30. The van der Waals surface area contributed by atoms with Crippen molar-refractivity contribution in [3.8, 4) is 0 Å². The van der Waals surface area contributed by atoms with E-state index in [1.54, 1.807) is 0 Å². The molecule has 2 unspecified atom stereocenters. The van der Waals surface area contributed by atoms with Crippen LogP contribution in [0.2, 0.25) is 0 Å². The lowest BCUT2D eigenvalue weighted by atomic mass is 9.88. The zero-order valence-corrected chi connectivity index (χ0v) is 8.29. The van der Waals surface area contributed by atoms with Gasteiger partial charge >= 0.3 is 11.9 Å². The molecular formula is C8H6Cl2O4. The summed E-state index contributed by atoms with van der Waals surface area (Å²) >= 11 is 11.2. The van der Waals surface area contributed by atoms with Gasteiger partial charge in [0.05, 0.1) is 0 Å². The number of allylic oxidation sites excluding steroid dienone is 2. The molecule has 76 valence electrons. The fourth-order valence-electron chi connectivity index (χ4n) is 1.21. The maximum absolute atomic E-state index is 10.8. The van der Waals surface area contributed by atoms with E-state index in [-0.39, 0.29) is 10.1 Å². The van der Waals surface area contributed by atoms with Crippen LogP contribution in [0.3, 0.4) is 0 Å². The van der Waals surface area contributed by atoms with E-state index in [1.165, 1.54) is 12.2 Å². The molecule has 0 heterocycles. The predicted octanol–water partition coefficient (Wildman–Crippen LogP) is 1.65. The zero-order valence-electron chi connectivity index (χ0n) is 6.78. The Labute approximate surface area is 89.4 Å². The van der Waals surface area contributed by atoms with Crippen LogP contribution in [0.15, 0.2) is 22.2 Å². The molecule has 2 atom stereocenters. The van der Waals surface area contributed by atoms with Gasteiger partial charge in [0.15, 0.2) is 0 Å². The van der Waals surface area contributed by atoms with Gasteiger partial charge in [-0.2, -0.15) is 0 Å². The lowest BCUT2D eigenvalue weighted by molar-refractivity contribution is -0.150. The molecule has 0 spiro atoms. The van der Waals surface area contributed by atoms with Crippen LogP contribution < -0.4 is 0 Å². The number of hydrogen-bond acceptors (Lipinski definition) is 2. The highest BCUT2D eigenvalue weighted by atomic mass is 35.5. The van der Waals surface area contributed by atoms with E-state index < -0.39 is 23.8 Å². The van der Waals surface area contributed by atoms with Gasteiger partial charge in [-0.05, 0) is 12.2 Å². The maximum atomic E-state index is 10.8. The SMILES string of the molecule is O=C(O)C1C(Cl)=CC=C(Cl)C1C(=O)O. The summed E-state index contributed by atoms with van der Waals surface area (Å²) < 4.78 is 0. The molecule has 1 aliphatic rings. The second-order valence-electron chi connectivity index (χ2n) is 2.73. The van der Waals surface area contributed by atoms with Gasteiger partial charge in [-0.1, -0.05) is 23.2 Å². The lowest BCUT2D eigenvalue weighted by Crippen LogP contribution is -2.32. The molecular weight excluding hydrogens is 231 g/mol. The Kier molecular flexibility index (Phi) is 3.18. The molecule has 0 aromatic rings. The van der Waals surface area contributed by atoms with Crippen LogP contribution in [0.5, 0.6) is 0 Å². The smallest absolute Gasteiger partial charge is 0.313 e. The number of hydrogen-bond donors (Lipinski definition) is 2. The van der Waals surface area contributed by atoms with Crippen LogP contribution in [0, 0.1) is 11.8 Å². The van der Waals surface area contributed by atoms with Crippen LogP contribution in [-0.4, -0.2) is 22.2 Å². The van der Waals surface area contributed by atoms with E-state index in [0.29, 0.717) is 0 Å². The van der Waals surface area contributed by atoms with Gasteiger partial charge in [0.1, 0.15) is 11.8 Å². The van der Waals surface area contributed by atoms with Gasteiger partial charge in [0.2, 0.25) is 0 Å². The van der Waals surface area contributed by atoms with E-state index in [0.717, 1.165) is 0 Å². The van der Waals surface area contributed by atoms with Crippen molar-refractivity contribution in [2.45, 2.75) is 0 Å². The number of halogens is 2. The van der Waals surface area contributed by atoms with Crippen molar-refractivity contribution in [3.63, 3.8) is 0 Å². The van der Waals surface area contributed by atoms with Crippen molar-refractivity contribution in [1.82, 2.24) is 0 Å². The molecule has 0 fully saturated rings. The quantitative estimate of drug-likeness (QED) is 0.765. The van der Waals surface area contributed by atoms with Gasteiger partial charge in [0, 0.05) is 10.1 Å². The molecule has 0 saturated heterocycles. The summed E-state index contributed by atoms with van der Waals surface area (Å²) in [6, 6.07) is 0. The van der Waals surface area contributed by atoms with Crippen LogP contribution >= 0.6 is 23.2 Å². The highest BCUT2D eigenvalue weighted by molar-refractivity contribution is 6.35. The minimum absolute atomic E-state index is 0.0331. The number of rotatable bonds is 2. The summed E-state index contributed by atoms with van der Waals surface area (Å²) in [4.78, 5) is 21.5. The third-order valence-corrected chi connectivity index (χ3v) is 2.58. The molecule has 0 saturated carbocycles. The van der Waals surface area contributed by atoms with E-state index in [9.17, 15) is 9.59 Å². The fourth-order valence-corrected chi connectivity index (χ4v) is 1.77. The Balaban J connectivity index is 3.13. The molecule has 0 bridgehead atoms. The molecule has 1 aliphatic carbocycles. The first-order valence-corrected chi connectivity index (χ1v) is 4.39. The van der Waals surface area contributed by atoms with E-state index in [1.807, 2.05) is 0 Å². The van der Waals surface area contributed by atoms with Crippen LogP contribution in [0.1, 0.15) is 0 Å². The molecule has 0 aromatic heterocycles. The lowest BCUT2D eigenvalue weighted by Gasteiger charge is -2.22. The molecule has 0 amide bonds.